The van der Waals surface area contributed by atoms with Gasteiger partial charge in [-0.2, -0.15) is 0 Å². The number of anilines is 2. The molecule has 0 unspecified atom stereocenters. The Bertz CT molecular complexity index is 427. The Balaban J connectivity index is 2.11. The highest BCUT2D eigenvalue weighted by Crippen LogP contribution is 2.29. The molecular formula is C11H18N4O2S. The molecule has 1 aromatic rings. The largest absolute Gasteiger partial charge is 0.462 e. The number of nitrogens with two attached hydrogens (primary N) is 1. The molecule has 0 amide bonds. The van der Waals surface area contributed by atoms with Crippen molar-refractivity contribution >= 4 is 28.3 Å². The molecule has 2 rings (SSSR count). The Labute approximate surface area is 110 Å². The summed E-state index contributed by atoms with van der Waals surface area (Å²) in [5.41, 5.74) is 5.77. The van der Waals surface area contributed by atoms with Crippen LogP contribution in [0.4, 0.5) is 10.9 Å². The van der Waals surface area contributed by atoms with Gasteiger partial charge in [-0.25, -0.2) is 9.78 Å². The minimum absolute atomic E-state index is 0.271. The van der Waals surface area contributed by atoms with Gasteiger partial charge in [-0.3, -0.25) is 0 Å². The zero-order chi connectivity index (χ0) is 13.1. The van der Waals surface area contributed by atoms with E-state index in [0.717, 1.165) is 31.3 Å². The van der Waals surface area contributed by atoms with Crippen molar-refractivity contribution in [3.8, 4) is 0 Å². The number of esters is 1. The summed E-state index contributed by atoms with van der Waals surface area (Å²) in [6.45, 7) is 5.93. The van der Waals surface area contributed by atoms with Crippen LogP contribution in [0.25, 0.3) is 0 Å². The molecule has 0 atom stereocenters. The van der Waals surface area contributed by atoms with Crippen LogP contribution in [0.5, 0.6) is 0 Å². The summed E-state index contributed by atoms with van der Waals surface area (Å²) in [4.78, 5) is 20.7. The third kappa shape index (κ3) is 2.73. The second-order valence-corrected chi connectivity index (χ2v) is 5.20. The van der Waals surface area contributed by atoms with E-state index < -0.39 is 0 Å². The number of ether oxygens (including phenoxy) is 1. The fraction of sp³-hybridized carbons (Fsp3) is 0.636. The monoisotopic (exact) mass is 270 g/mol. The van der Waals surface area contributed by atoms with Crippen LogP contribution in [-0.4, -0.2) is 55.7 Å². The number of carbonyl (C=O) groups excluding carboxylic acids is 1. The van der Waals surface area contributed by atoms with Gasteiger partial charge in [-0.05, 0) is 14.0 Å². The molecule has 6 nitrogen and oxygen atoms in total. The molecular weight excluding hydrogens is 252 g/mol. The molecule has 0 bridgehead atoms. The van der Waals surface area contributed by atoms with Crippen molar-refractivity contribution < 1.29 is 9.53 Å². The van der Waals surface area contributed by atoms with Crippen LogP contribution in [0, 0.1) is 0 Å². The molecule has 2 N–H and O–H groups in total. The molecule has 7 heteroatoms. The first kappa shape index (κ1) is 13.1. The molecule has 0 saturated carbocycles. The smallest absolute Gasteiger partial charge is 0.352 e. The van der Waals surface area contributed by atoms with Gasteiger partial charge in [0.2, 0.25) is 0 Å². The molecule has 0 aliphatic carbocycles. The number of nitrogen functional groups attached to an aromatic ring is 1. The maximum atomic E-state index is 11.7. The maximum absolute atomic E-state index is 11.7. The fourth-order valence-corrected chi connectivity index (χ4v) is 2.73. The highest BCUT2D eigenvalue weighted by atomic mass is 32.1. The van der Waals surface area contributed by atoms with E-state index in [1.54, 1.807) is 6.92 Å². The lowest BCUT2D eigenvalue weighted by Gasteiger charge is -2.31. The molecule has 1 aromatic heterocycles. The molecule has 1 aliphatic heterocycles. The number of carbonyl (C=O) groups is 1. The Morgan fingerprint density at radius 3 is 2.72 bits per heavy atom. The van der Waals surface area contributed by atoms with Crippen molar-refractivity contribution in [1.82, 2.24) is 9.88 Å². The molecule has 1 saturated heterocycles. The number of piperazine rings is 1. The molecule has 18 heavy (non-hydrogen) atoms. The topological polar surface area (TPSA) is 71.7 Å². The van der Waals surface area contributed by atoms with Crippen LogP contribution in [0.1, 0.15) is 16.6 Å². The van der Waals surface area contributed by atoms with Crippen LogP contribution in [0.15, 0.2) is 0 Å². The number of likely N-dealkylation sites (N-methyl/N-ethyl adjacent to an activating group) is 1. The molecule has 0 aromatic carbocycles. The van der Waals surface area contributed by atoms with Crippen LogP contribution in [0.2, 0.25) is 0 Å². The highest BCUT2D eigenvalue weighted by molar-refractivity contribution is 7.18. The maximum Gasteiger partial charge on any atom is 0.352 e. The quantitative estimate of drug-likeness (QED) is 0.813. The lowest BCUT2D eigenvalue weighted by Crippen LogP contribution is -2.44. The van der Waals surface area contributed by atoms with E-state index in [1.807, 2.05) is 0 Å². The Hall–Kier alpha value is -1.34. The Kier molecular flexibility index (Phi) is 4.03. The number of nitrogens with zero attached hydrogens (tertiary/aromatic N) is 3. The Morgan fingerprint density at radius 1 is 1.44 bits per heavy atom. The normalized spacial score (nSPS) is 16.9. The number of thiazole rings is 1. The third-order valence-corrected chi connectivity index (χ3v) is 3.99. The van der Waals surface area contributed by atoms with Gasteiger partial charge in [0.1, 0.15) is 0 Å². The second kappa shape index (κ2) is 5.53. The molecule has 0 spiro atoms. The van der Waals surface area contributed by atoms with Crippen LogP contribution >= 0.6 is 11.3 Å². The Morgan fingerprint density at radius 2 is 2.11 bits per heavy atom. The van der Waals surface area contributed by atoms with Gasteiger partial charge < -0.3 is 20.3 Å². The first-order valence-electron chi connectivity index (χ1n) is 5.98. The zero-order valence-corrected chi connectivity index (χ0v) is 11.5. The molecule has 1 fully saturated rings. The van der Waals surface area contributed by atoms with Crippen molar-refractivity contribution in [3.05, 3.63) is 4.88 Å². The van der Waals surface area contributed by atoms with E-state index in [4.69, 9.17) is 10.5 Å². The van der Waals surface area contributed by atoms with Crippen LogP contribution < -0.4 is 10.6 Å². The van der Waals surface area contributed by atoms with Gasteiger partial charge in [0.05, 0.1) is 6.61 Å². The van der Waals surface area contributed by atoms with Gasteiger partial charge in [0, 0.05) is 26.2 Å². The number of rotatable bonds is 3. The summed E-state index contributed by atoms with van der Waals surface area (Å²) in [7, 11) is 2.09. The van der Waals surface area contributed by atoms with E-state index in [0.29, 0.717) is 11.5 Å². The first-order valence-corrected chi connectivity index (χ1v) is 6.80. The van der Waals surface area contributed by atoms with E-state index in [2.05, 4.69) is 21.8 Å². The third-order valence-electron chi connectivity index (χ3n) is 2.88. The lowest BCUT2D eigenvalue weighted by molar-refractivity contribution is 0.0533. The summed E-state index contributed by atoms with van der Waals surface area (Å²) >= 11 is 1.31. The second-order valence-electron chi connectivity index (χ2n) is 4.22. The highest BCUT2D eigenvalue weighted by Gasteiger charge is 2.22. The van der Waals surface area contributed by atoms with Crippen molar-refractivity contribution in [2.75, 3.05) is 50.5 Å². The first-order chi connectivity index (χ1) is 8.61. The lowest BCUT2D eigenvalue weighted by atomic mass is 10.3. The summed E-state index contributed by atoms with van der Waals surface area (Å²) in [6, 6.07) is 0. The van der Waals surface area contributed by atoms with Crippen molar-refractivity contribution in [1.29, 1.82) is 0 Å². The van der Waals surface area contributed by atoms with Crippen LogP contribution in [-0.2, 0) is 4.74 Å². The standard InChI is InChI=1S/C11H18N4O2S/c1-3-17-10(16)8-9(12)13-11(18-8)15-6-4-14(2)5-7-15/h3-7,12H2,1-2H3. The minimum atomic E-state index is -0.382. The number of aromatic nitrogens is 1. The summed E-state index contributed by atoms with van der Waals surface area (Å²) in [6.07, 6.45) is 0. The zero-order valence-electron chi connectivity index (χ0n) is 10.7. The van der Waals surface area contributed by atoms with E-state index >= 15 is 0 Å². The van der Waals surface area contributed by atoms with E-state index in [1.165, 1.54) is 11.3 Å². The SMILES string of the molecule is CCOC(=O)c1sc(N2CCN(C)CC2)nc1N. The van der Waals surface area contributed by atoms with Gasteiger partial charge >= 0.3 is 5.97 Å². The summed E-state index contributed by atoms with van der Waals surface area (Å²) in [5, 5.41) is 0.809. The predicted octanol–water partition coefficient (Wildman–Crippen LogP) is 0.654. The van der Waals surface area contributed by atoms with E-state index in [-0.39, 0.29) is 11.8 Å². The van der Waals surface area contributed by atoms with Gasteiger partial charge in [0.25, 0.3) is 0 Å². The van der Waals surface area contributed by atoms with E-state index in [9.17, 15) is 4.79 Å². The minimum Gasteiger partial charge on any atom is -0.462 e. The number of hydrogen-bond donors (Lipinski definition) is 1. The molecule has 100 valence electrons. The van der Waals surface area contributed by atoms with Crippen molar-refractivity contribution in [2.45, 2.75) is 6.92 Å². The fourth-order valence-electron chi connectivity index (χ4n) is 1.80. The number of hydrogen-bond acceptors (Lipinski definition) is 7. The molecule has 0 radical (unpaired) electrons. The molecule has 2 heterocycles. The van der Waals surface area contributed by atoms with Crippen molar-refractivity contribution in [2.24, 2.45) is 0 Å². The summed E-state index contributed by atoms with van der Waals surface area (Å²) < 4.78 is 4.95. The van der Waals surface area contributed by atoms with Crippen LogP contribution in [0.3, 0.4) is 0 Å². The predicted molar refractivity (Wildman–Crippen MR) is 72.2 cm³/mol. The summed E-state index contributed by atoms with van der Waals surface area (Å²) in [5.74, 6) is -0.111. The van der Waals surface area contributed by atoms with Gasteiger partial charge in [0.15, 0.2) is 15.8 Å². The van der Waals surface area contributed by atoms with Crippen molar-refractivity contribution in [3.63, 3.8) is 0 Å². The molecule has 1 aliphatic rings. The van der Waals surface area contributed by atoms with Gasteiger partial charge in [-0.1, -0.05) is 11.3 Å². The average molecular weight is 270 g/mol. The average Bonchev–Trinajstić information content (AvgIpc) is 2.72. The van der Waals surface area contributed by atoms with Gasteiger partial charge in [-0.15, -0.1) is 0 Å².